The number of aliphatic carboxylic acids is 1. The highest BCUT2D eigenvalue weighted by molar-refractivity contribution is 5.86. The number of hydrogen-bond acceptors (Lipinski definition) is 2. The fourth-order valence-corrected chi connectivity index (χ4v) is 3.89. The third-order valence-electron chi connectivity index (χ3n) is 5.39. The Bertz CT molecular complexity index is 800. The van der Waals surface area contributed by atoms with Gasteiger partial charge in [-0.15, -0.1) is 0 Å². The fourth-order valence-electron chi connectivity index (χ4n) is 3.89. The van der Waals surface area contributed by atoms with E-state index in [1.807, 2.05) is 12.1 Å². The molecular weight excluding hydrogens is 302 g/mol. The second-order valence-corrected chi connectivity index (χ2v) is 7.02. The number of carbonyl (C=O) groups is 2. The normalized spacial score (nSPS) is 26.3. The molecule has 1 aliphatic carbocycles. The van der Waals surface area contributed by atoms with Gasteiger partial charge >= 0.3 is 5.97 Å². The van der Waals surface area contributed by atoms with Gasteiger partial charge in [0.2, 0.25) is 5.91 Å². The van der Waals surface area contributed by atoms with E-state index in [0.717, 1.165) is 12.8 Å². The van der Waals surface area contributed by atoms with Crippen molar-refractivity contribution in [3.63, 3.8) is 0 Å². The molecule has 1 aliphatic heterocycles. The molecule has 2 aliphatic rings. The summed E-state index contributed by atoms with van der Waals surface area (Å²) >= 11 is 0. The van der Waals surface area contributed by atoms with Crippen molar-refractivity contribution in [2.75, 3.05) is 13.1 Å². The van der Waals surface area contributed by atoms with Gasteiger partial charge in [0.25, 0.3) is 0 Å². The van der Waals surface area contributed by atoms with Crippen LogP contribution >= 0.6 is 0 Å². The molecule has 1 heterocycles. The van der Waals surface area contributed by atoms with Crippen molar-refractivity contribution in [1.82, 2.24) is 4.90 Å². The number of amides is 1. The molecule has 2 aromatic rings. The molecule has 4 nitrogen and oxygen atoms in total. The van der Waals surface area contributed by atoms with E-state index in [4.69, 9.17) is 0 Å². The number of carbonyl (C=O) groups excluding carboxylic acids is 1. The SMILES string of the molecule is O=C(O)[C@@H]1CCCN(C(=O)[C@H]2C[C@H]2c2ccc3ccccc3c2)C1. The second-order valence-electron chi connectivity index (χ2n) is 7.02. The van der Waals surface area contributed by atoms with Crippen LogP contribution in [0.3, 0.4) is 0 Å². The average Bonchev–Trinajstić information content (AvgIpc) is 3.41. The molecule has 3 atom stereocenters. The van der Waals surface area contributed by atoms with Gasteiger partial charge in [0, 0.05) is 19.0 Å². The van der Waals surface area contributed by atoms with Gasteiger partial charge in [0.05, 0.1) is 5.92 Å². The van der Waals surface area contributed by atoms with Crippen LogP contribution in [0, 0.1) is 11.8 Å². The fraction of sp³-hybridized carbons (Fsp3) is 0.400. The van der Waals surface area contributed by atoms with Gasteiger partial charge in [-0.25, -0.2) is 0 Å². The van der Waals surface area contributed by atoms with Crippen molar-refractivity contribution in [3.8, 4) is 0 Å². The van der Waals surface area contributed by atoms with Crippen molar-refractivity contribution in [2.45, 2.75) is 25.2 Å². The first kappa shape index (κ1) is 15.2. The van der Waals surface area contributed by atoms with Crippen molar-refractivity contribution >= 4 is 22.6 Å². The number of fused-ring (bicyclic) bond motifs is 1. The highest BCUT2D eigenvalue weighted by Crippen LogP contribution is 2.49. The number of piperidine rings is 1. The summed E-state index contributed by atoms with van der Waals surface area (Å²) in [6.07, 6.45) is 2.35. The zero-order valence-corrected chi connectivity index (χ0v) is 13.5. The lowest BCUT2D eigenvalue weighted by Crippen LogP contribution is -2.43. The second kappa shape index (κ2) is 5.93. The Labute approximate surface area is 141 Å². The number of benzene rings is 2. The molecule has 24 heavy (non-hydrogen) atoms. The molecule has 0 spiro atoms. The minimum atomic E-state index is -0.783. The summed E-state index contributed by atoms with van der Waals surface area (Å²) in [6, 6.07) is 14.7. The minimum Gasteiger partial charge on any atom is -0.481 e. The summed E-state index contributed by atoms with van der Waals surface area (Å²) in [6.45, 7) is 1.07. The molecule has 1 N–H and O–H groups in total. The Hall–Kier alpha value is -2.36. The monoisotopic (exact) mass is 323 g/mol. The van der Waals surface area contributed by atoms with Crippen molar-refractivity contribution in [2.24, 2.45) is 11.8 Å². The quantitative estimate of drug-likeness (QED) is 0.943. The Balaban J connectivity index is 1.46. The molecule has 4 rings (SSSR count). The first-order chi connectivity index (χ1) is 11.6. The van der Waals surface area contributed by atoms with Gasteiger partial charge in [-0.05, 0) is 41.5 Å². The maximum absolute atomic E-state index is 12.7. The van der Waals surface area contributed by atoms with E-state index in [9.17, 15) is 14.7 Å². The van der Waals surface area contributed by atoms with Gasteiger partial charge in [-0.2, -0.15) is 0 Å². The van der Waals surface area contributed by atoms with Crippen LogP contribution in [0.2, 0.25) is 0 Å². The Morgan fingerprint density at radius 2 is 1.88 bits per heavy atom. The third kappa shape index (κ3) is 2.77. The van der Waals surface area contributed by atoms with Crippen molar-refractivity contribution < 1.29 is 14.7 Å². The maximum atomic E-state index is 12.7. The van der Waals surface area contributed by atoms with Crippen LogP contribution in [0.15, 0.2) is 42.5 Å². The Kier molecular flexibility index (Phi) is 3.75. The number of rotatable bonds is 3. The molecule has 0 unspecified atom stereocenters. The van der Waals surface area contributed by atoms with Gasteiger partial charge in [0.1, 0.15) is 0 Å². The molecule has 2 fully saturated rings. The van der Waals surface area contributed by atoms with E-state index in [2.05, 4.69) is 30.3 Å². The summed E-state index contributed by atoms with van der Waals surface area (Å²) in [4.78, 5) is 25.7. The summed E-state index contributed by atoms with van der Waals surface area (Å²) in [7, 11) is 0. The molecule has 1 amide bonds. The van der Waals surface area contributed by atoms with E-state index in [1.54, 1.807) is 4.90 Å². The lowest BCUT2D eigenvalue weighted by molar-refractivity contribution is -0.146. The number of hydrogen-bond donors (Lipinski definition) is 1. The van der Waals surface area contributed by atoms with Gasteiger partial charge in [-0.1, -0.05) is 42.5 Å². The lowest BCUT2D eigenvalue weighted by atomic mass is 9.97. The average molecular weight is 323 g/mol. The van der Waals surface area contributed by atoms with Gasteiger partial charge < -0.3 is 10.0 Å². The van der Waals surface area contributed by atoms with Crippen LogP contribution in [0.4, 0.5) is 0 Å². The summed E-state index contributed by atoms with van der Waals surface area (Å²) in [5, 5.41) is 11.6. The predicted octanol–water partition coefficient (Wildman–Crippen LogP) is 3.27. The molecule has 1 saturated carbocycles. The van der Waals surface area contributed by atoms with E-state index >= 15 is 0 Å². The summed E-state index contributed by atoms with van der Waals surface area (Å²) < 4.78 is 0. The van der Waals surface area contributed by atoms with Crippen LogP contribution in [-0.2, 0) is 9.59 Å². The van der Waals surface area contributed by atoms with Gasteiger partial charge in [-0.3, -0.25) is 9.59 Å². The van der Waals surface area contributed by atoms with E-state index in [1.165, 1.54) is 16.3 Å². The highest BCUT2D eigenvalue weighted by Gasteiger charge is 2.46. The molecule has 2 aromatic carbocycles. The number of nitrogens with zero attached hydrogens (tertiary/aromatic N) is 1. The standard InChI is InChI=1S/C20H21NO3/c22-19(21-9-3-6-16(12-21)20(23)24)18-11-17(18)15-8-7-13-4-1-2-5-14(13)10-15/h1-2,4-5,7-8,10,16-18H,3,6,9,11-12H2,(H,23,24)/t16-,17+,18+/m1/s1. The molecule has 0 bridgehead atoms. The summed E-state index contributed by atoms with van der Waals surface area (Å²) in [5.41, 5.74) is 1.22. The smallest absolute Gasteiger partial charge is 0.308 e. The maximum Gasteiger partial charge on any atom is 0.308 e. The Morgan fingerprint density at radius 3 is 2.67 bits per heavy atom. The van der Waals surface area contributed by atoms with Crippen LogP contribution < -0.4 is 0 Å². The highest BCUT2D eigenvalue weighted by atomic mass is 16.4. The molecule has 0 aromatic heterocycles. The van der Waals surface area contributed by atoms with Crippen LogP contribution in [0.5, 0.6) is 0 Å². The largest absolute Gasteiger partial charge is 0.481 e. The first-order valence-corrected chi connectivity index (χ1v) is 8.64. The zero-order valence-electron chi connectivity index (χ0n) is 13.5. The Morgan fingerprint density at radius 1 is 1.08 bits per heavy atom. The molecule has 4 heteroatoms. The van der Waals surface area contributed by atoms with Crippen molar-refractivity contribution in [1.29, 1.82) is 0 Å². The van der Waals surface area contributed by atoms with E-state index in [-0.39, 0.29) is 17.7 Å². The number of likely N-dealkylation sites (tertiary alicyclic amines) is 1. The van der Waals surface area contributed by atoms with Gasteiger partial charge in [0.15, 0.2) is 0 Å². The third-order valence-corrected chi connectivity index (χ3v) is 5.39. The van der Waals surface area contributed by atoms with Crippen LogP contribution in [0.25, 0.3) is 10.8 Å². The molecular formula is C20H21NO3. The lowest BCUT2D eigenvalue weighted by Gasteiger charge is -2.31. The number of carboxylic acid groups (broad SMARTS) is 1. The molecule has 0 radical (unpaired) electrons. The first-order valence-electron chi connectivity index (χ1n) is 8.64. The van der Waals surface area contributed by atoms with E-state index in [0.29, 0.717) is 19.5 Å². The van der Waals surface area contributed by atoms with Crippen molar-refractivity contribution in [3.05, 3.63) is 48.0 Å². The minimum absolute atomic E-state index is 0.0266. The molecule has 1 saturated heterocycles. The predicted molar refractivity (Wildman–Crippen MR) is 91.7 cm³/mol. The molecule has 124 valence electrons. The zero-order chi connectivity index (χ0) is 16.7. The summed E-state index contributed by atoms with van der Waals surface area (Å²) in [5.74, 6) is -0.736. The van der Waals surface area contributed by atoms with E-state index < -0.39 is 11.9 Å². The van der Waals surface area contributed by atoms with Crippen LogP contribution in [-0.4, -0.2) is 35.0 Å². The topological polar surface area (TPSA) is 57.6 Å². The van der Waals surface area contributed by atoms with Crippen LogP contribution in [0.1, 0.15) is 30.7 Å². The number of carboxylic acids is 1.